The molecule has 696 valence electrons. The highest BCUT2D eigenvalue weighted by atomic mass is 35.5. The lowest BCUT2D eigenvalue weighted by Crippen LogP contribution is -2.42. The van der Waals surface area contributed by atoms with Gasteiger partial charge in [0.25, 0.3) is 29.5 Å². The van der Waals surface area contributed by atoms with Gasteiger partial charge >= 0.3 is 29.8 Å². The zero-order valence-corrected chi connectivity index (χ0v) is 80.6. The number of rotatable bonds is 18. The Morgan fingerprint density at radius 3 is 0.864 bits per heavy atom. The van der Waals surface area contributed by atoms with E-state index in [2.05, 4.69) is 29.9 Å². The van der Waals surface area contributed by atoms with E-state index in [4.69, 9.17) is 75.7 Å². The van der Waals surface area contributed by atoms with E-state index >= 15 is 0 Å². The summed E-state index contributed by atoms with van der Waals surface area (Å²) in [7, 11) is 0. The van der Waals surface area contributed by atoms with Gasteiger partial charge in [0.15, 0.2) is 0 Å². The molecule has 2 fully saturated rings. The van der Waals surface area contributed by atoms with Crippen molar-refractivity contribution >= 4 is 106 Å². The second-order valence-electron chi connectivity index (χ2n) is 37.6. The van der Waals surface area contributed by atoms with Crippen LogP contribution in [0.25, 0.3) is 45.0 Å². The average Bonchev–Trinajstić information content (AvgIpc) is 0.943. The molecule has 2 aliphatic carbocycles. The minimum atomic E-state index is -1.03. The number of hydrogen-bond acceptors (Lipinski definition) is 21. The summed E-state index contributed by atoms with van der Waals surface area (Å²) < 4.78 is 16.2. The maximum absolute atomic E-state index is 13.2. The van der Waals surface area contributed by atoms with Gasteiger partial charge in [0.05, 0.1) is 42.9 Å². The molecule has 4 aromatic heterocycles. The number of ether oxygens (including phenoxy) is 3. The predicted octanol–water partition coefficient (Wildman–Crippen LogP) is 19.0. The molecule has 5 atom stereocenters. The van der Waals surface area contributed by atoms with Gasteiger partial charge in [-0.1, -0.05) is 177 Å². The SMILES string of the molecule is C[C@H](C(=O)O)N1Cc2ccc(-c3nc(CC4CCCCC4)ncc3Cl)cc2C1=O.C[C@H](C(=O)OC(C)(C)C)N1Cc2ccc(-c3nc(CC4CCCCC4)ncc3Cl)cc2C1=O.Cc1ccc2c(c1)C(=O)N([C@H](C)C(=O)OC(C)(C)C)C2.Cc1ncc(Cl)c(-c2ccc3c(c2)C(=O)N([C@H](C)C(=O)O)C3)n1.Cc1ncc(Cl)c(-c2ccc3c(c2)C(=O)N([C@H](C)C(=O)OC(C)(C)C)C3)n1. The van der Waals surface area contributed by atoms with Crippen LogP contribution >= 0.6 is 46.4 Å². The van der Waals surface area contributed by atoms with E-state index in [-0.39, 0.29) is 35.5 Å². The fourth-order valence-corrected chi connectivity index (χ4v) is 17.5. The van der Waals surface area contributed by atoms with Gasteiger partial charge in [0.1, 0.15) is 70.3 Å². The molecule has 132 heavy (non-hydrogen) atoms. The van der Waals surface area contributed by atoms with Crippen LogP contribution in [0.2, 0.25) is 20.1 Å². The Kier molecular flexibility index (Phi) is 31.3. The van der Waals surface area contributed by atoms with E-state index in [1.54, 1.807) is 102 Å². The monoisotopic (exact) mass is 1880 g/mol. The summed E-state index contributed by atoms with van der Waals surface area (Å²) in [6, 6.07) is 24.2. The van der Waals surface area contributed by atoms with E-state index in [0.29, 0.717) is 132 Å². The van der Waals surface area contributed by atoms with Crippen LogP contribution in [0, 0.1) is 32.6 Å². The van der Waals surface area contributed by atoms with Crippen LogP contribution in [0.4, 0.5) is 0 Å². The second-order valence-corrected chi connectivity index (χ2v) is 39.2. The first-order chi connectivity index (χ1) is 62.2. The van der Waals surface area contributed by atoms with Gasteiger partial charge in [-0.15, -0.1) is 0 Å². The van der Waals surface area contributed by atoms with E-state index in [9.17, 15) is 53.1 Å². The molecule has 5 amide bonds. The van der Waals surface area contributed by atoms with E-state index < -0.39 is 70.9 Å². The number of amides is 5. The number of nitrogens with zero attached hydrogens (tertiary/aromatic N) is 13. The summed E-state index contributed by atoms with van der Waals surface area (Å²) in [4.78, 5) is 166. The third kappa shape index (κ3) is 24.0. The Labute approximate surface area is 789 Å². The molecule has 32 heteroatoms. The fraction of sp³-hybridized carbons (Fsp3) is 0.440. The van der Waals surface area contributed by atoms with Crippen molar-refractivity contribution in [2.75, 3.05) is 0 Å². The molecule has 16 rings (SSSR count). The average molecular weight is 1880 g/mol. The molecular formula is C100H113Cl4N13O15. The lowest BCUT2D eigenvalue weighted by Gasteiger charge is -2.27. The molecule has 28 nitrogen and oxygen atoms in total. The number of hydrogen-bond donors (Lipinski definition) is 2. The number of carbonyl (C=O) groups excluding carboxylic acids is 8. The number of carboxylic acid groups (broad SMARTS) is 2. The third-order valence-corrected chi connectivity index (χ3v) is 25.1. The standard InChI is InChI=1S/C26H32ClN3O3.C22H24ClN3O3.C20H22ClN3O3.C16H14ClN3O3.C16H21NO3/c1-16(25(32)33-26(2,3)4)30-15-19-11-10-18(13-20(19)24(30)31)23-21(27)14-28-22(29-23)12-17-8-6-5-7-9-17;1-13(22(28)29)26-12-16-8-7-15(10-17(16)21(26)27)20-18(23)11-24-19(25-20)9-14-5-3-2-4-6-14;1-11(19(26)27-20(3,4)5)24-10-14-7-6-13(8-15(14)18(24)25)17-16(21)9-22-12(2)23-17;1-8(16(22)23)20-7-11-4-3-10(5-12(11)15(20)21)14-13(17)6-18-9(2)19-14;1-10-6-7-12-9-17(14(18)13(12)8-10)11(2)15(19)20-16(3,4)5/h10-11,13-14,16-17H,5-9,12,15H2,1-4H3;7-8,10-11,13-14H,2-6,9,12H2,1H3,(H,28,29);6-9,11H,10H2,1-5H3;3-6,8H,7H2,1-2H3,(H,22,23);6-8,11H,9H2,1-5H3/t16-;13-;11-;8-;11-/m11111/s1. The van der Waals surface area contributed by atoms with Crippen LogP contribution in [0.3, 0.4) is 0 Å². The molecule has 0 radical (unpaired) electrons. The highest BCUT2D eigenvalue weighted by Crippen LogP contribution is 2.40. The van der Waals surface area contributed by atoms with Gasteiger partial charge in [-0.25, -0.2) is 63.8 Å². The highest BCUT2D eigenvalue weighted by Gasteiger charge is 2.42. The zero-order valence-electron chi connectivity index (χ0n) is 77.6. The number of aromatic nitrogens is 8. The van der Waals surface area contributed by atoms with Gasteiger partial charge in [-0.2, -0.15) is 0 Å². The van der Waals surface area contributed by atoms with Gasteiger partial charge in [0, 0.05) is 120 Å². The number of halogens is 4. The molecular weight excluding hydrogens is 1760 g/mol. The quantitative estimate of drug-likeness (QED) is 0.0595. The number of aryl methyl sites for hydroxylation is 3. The van der Waals surface area contributed by atoms with Crippen LogP contribution in [-0.2, 0) is 83.7 Å². The zero-order chi connectivity index (χ0) is 96.0. The van der Waals surface area contributed by atoms with E-state index in [1.165, 1.54) is 99.0 Å². The third-order valence-electron chi connectivity index (χ3n) is 24.0. The fourth-order valence-electron chi connectivity index (χ4n) is 16.7. The van der Waals surface area contributed by atoms with Crippen LogP contribution in [0.5, 0.6) is 0 Å². The van der Waals surface area contributed by atoms with Crippen molar-refractivity contribution in [2.24, 2.45) is 11.8 Å². The Hall–Kier alpha value is -11.7. The van der Waals surface area contributed by atoms with Crippen molar-refractivity contribution in [1.29, 1.82) is 0 Å². The van der Waals surface area contributed by atoms with Crippen molar-refractivity contribution in [1.82, 2.24) is 64.4 Å². The van der Waals surface area contributed by atoms with Crippen LogP contribution in [0.1, 0.15) is 270 Å². The summed E-state index contributed by atoms with van der Waals surface area (Å²) in [6.07, 6.45) is 20.6. The molecule has 5 aliphatic heterocycles. The van der Waals surface area contributed by atoms with Gasteiger partial charge in [-0.05, 0) is 188 Å². The summed E-state index contributed by atoms with van der Waals surface area (Å²) in [5.74, 6) is -0.281. The van der Waals surface area contributed by atoms with Crippen molar-refractivity contribution in [3.63, 3.8) is 0 Å². The number of benzene rings is 5. The van der Waals surface area contributed by atoms with Crippen LogP contribution in [0.15, 0.2) is 116 Å². The van der Waals surface area contributed by atoms with Crippen LogP contribution < -0.4 is 0 Å². The molecule has 9 aromatic rings. The van der Waals surface area contributed by atoms with Crippen molar-refractivity contribution in [3.8, 4) is 45.0 Å². The summed E-state index contributed by atoms with van der Waals surface area (Å²) in [6.45, 7) is 31.7. The van der Waals surface area contributed by atoms with Gasteiger partial charge in [0.2, 0.25) is 0 Å². The predicted molar refractivity (Wildman–Crippen MR) is 501 cm³/mol. The lowest BCUT2D eigenvalue weighted by molar-refractivity contribution is -0.160. The molecule has 0 saturated heterocycles. The van der Waals surface area contributed by atoms with Crippen LogP contribution in [-0.4, -0.2) is 181 Å². The molecule has 0 bridgehead atoms. The maximum Gasteiger partial charge on any atom is 0.329 e. The molecule has 7 aliphatic rings. The Morgan fingerprint density at radius 2 is 0.598 bits per heavy atom. The molecule has 2 N–H and O–H groups in total. The number of carboxylic acids is 2. The maximum atomic E-state index is 13.2. The van der Waals surface area contributed by atoms with E-state index in [1.807, 2.05) is 121 Å². The van der Waals surface area contributed by atoms with Gasteiger partial charge in [-0.3, -0.25) is 24.0 Å². The Balaban J connectivity index is 0.000000150. The molecule has 0 unspecified atom stereocenters. The molecule has 0 spiro atoms. The molecule has 2 saturated carbocycles. The summed E-state index contributed by atoms with van der Waals surface area (Å²) in [5, 5.41) is 20.1. The normalized spacial score (nSPS) is 16.4. The first kappa shape index (κ1) is 99.3. The van der Waals surface area contributed by atoms with Crippen molar-refractivity contribution in [3.05, 3.63) is 220 Å². The number of fused-ring (bicyclic) bond motifs is 5. The summed E-state index contributed by atoms with van der Waals surface area (Å²) in [5.41, 5.74) is 11.8. The smallest absolute Gasteiger partial charge is 0.329 e. The lowest BCUT2D eigenvalue weighted by atomic mass is 9.87. The summed E-state index contributed by atoms with van der Waals surface area (Å²) >= 11 is 25.2. The topological polar surface area (TPSA) is 358 Å². The first-order valence-electron chi connectivity index (χ1n) is 44.5. The highest BCUT2D eigenvalue weighted by molar-refractivity contribution is 6.34. The second kappa shape index (κ2) is 41.6. The van der Waals surface area contributed by atoms with Crippen molar-refractivity contribution in [2.45, 2.75) is 274 Å². The van der Waals surface area contributed by atoms with Crippen molar-refractivity contribution < 1.29 is 72.4 Å². The minimum absolute atomic E-state index is 0.0953. The Morgan fingerprint density at radius 1 is 0.356 bits per heavy atom. The molecule has 5 aromatic carbocycles. The van der Waals surface area contributed by atoms with Gasteiger partial charge < -0.3 is 48.9 Å². The Bertz CT molecular complexity index is 5960. The number of carbonyl (C=O) groups is 10. The number of aliphatic carboxylic acids is 2. The number of esters is 3. The first-order valence-corrected chi connectivity index (χ1v) is 46.0. The van der Waals surface area contributed by atoms with E-state index in [0.717, 1.165) is 74.6 Å². The minimum Gasteiger partial charge on any atom is -0.480 e. The molecule has 9 heterocycles. The largest absolute Gasteiger partial charge is 0.480 e.